The van der Waals surface area contributed by atoms with Crippen molar-refractivity contribution in [2.75, 3.05) is 11.4 Å². The number of hydrogen-bond donors (Lipinski definition) is 0. The lowest BCUT2D eigenvalue weighted by atomic mass is 10.0. The lowest BCUT2D eigenvalue weighted by Gasteiger charge is -2.28. The highest BCUT2D eigenvalue weighted by atomic mass is 32.2. The first-order chi connectivity index (χ1) is 16.9. The Morgan fingerprint density at radius 1 is 1.17 bits per heavy atom. The number of pyridine rings is 1. The van der Waals surface area contributed by atoms with Crippen LogP contribution in [0.5, 0.6) is 0 Å². The minimum absolute atomic E-state index is 0.222. The second kappa shape index (κ2) is 9.77. The highest BCUT2D eigenvalue weighted by Crippen LogP contribution is 2.36. The van der Waals surface area contributed by atoms with E-state index in [0.717, 1.165) is 21.5 Å². The molecule has 1 unspecified atom stereocenters. The summed E-state index contributed by atoms with van der Waals surface area (Å²) in [5.41, 5.74) is 2.73. The molecule has 5 rings (SSSR count). The number of rotatable bonds is 7. The molecule has 1 aromatic carbocycles. The van der Waals surface area contributed by atoms with E-state index in [1.54, 1.807) is 28.6 Å². The van der Waals surface area contributed by atoms with Gasteiger partial charge in [0.2, 0.25) is 5.91 Å². The Labute approximate surface area is 213 Å². The molecule has 0 bridgehead atoms. The minimum Gasteiger partial charge on any atom is -0.281 e. The lowest BCUT2D eigenvalue weighted by molar-refractivity contribution is -0.121. The number of sulfonamides is 1. The van der Waals surface area contributed by atoms with E-state index in [0.29, 0.717) is 24.5 Å². The van der Waals surface area contributed by atoms with Crippen LogP contribution in [0.2, 0.25) is 0 Å². The summed E-state index contributed by atoms with van der Waals surface area (Å²) in [5.74, 6) is 0.0216. The molecule has 0 radical (unpaired) electrons. The van der Waals surface area contributed by atoms with Crippen LogP contribution in [0.15, 0.2) is 64.3 Å². The second-order valence-electron chi connectivity index (χ2n) is 8.80. The van der Waals surface area contributed by atoms with E-state index in [2.05, 4.69) is 24.9 Å². The Kier molecular flexibility index (Phi) is 6.71. The number of amides is 1. The summed E-state index contributed by atoms with van der Waals surface area (Å²) in [6, 6.07) is 14.2. The monoisotopic (exact) mass is 526 g/mol. The molecule has 1 atom stereocenters. The quantitative estimate of drug-likeness (QED) is 0.328. The molecule has 0 spiro atoms. The summed E-state index contributed by atoms with van der Waals surface area (Å²) in [6.45, 7) is 4.79. The van der Waals surface area contributed by atoms with Gasteiger partial charge in [0.1, 0.15) is 10.3 Å². The lowest BCUT2D eigenvalue weighted by Crippen LogP contribution is -2.47. The van der Waals surface area contributed by atoms with Crippen LogP contribution in [0.25, 0.3) is 10.2 Å². The number of thiophene rings is 1. The van der Waals surface area contributed by atoms with Crippen molar-refractivity contribution in [2.24, 2.45) is 0 Å². The van der Waals surface area contributed by atoms with Crippen molar-refractivity contribution in [1.29, 1.82) is 0 Å². The van der Waals surface area contributed by atoms with Gasteiger partial charge in [-0.1, -0.05) is 49.4 Å². The van der Waals surface area contributed by atoms with Crippen molar-refractivity contribution in [3.8, 4) is 0 Å². The van der Waals surface area contributed by atoms with Gasteiger partial charge >= 0.3 is 0 Å². The van der Waals surface area contributed by atoms with Crippen LogP contribution in [-0.2, 0) is 21.4 Å². The first-order valence-corrected chi connectivity index (χ1v) is 14.7. The van der Waals surface area contributed by atoms with Gasteiger partial charge in [-0.3, -0.25) is 14.7 Å². The zero-order chi connectivity index (χ0) is 24.6. The number of nitrogens with zero attached hydrogens (tertiary/aromatic N) is 4. The molecule has 35 heavy (non-hydrogen) atoms. The predicted octanol–water partition coefficient (Wildman–Crippen LogP) is 5.26. The molecule has 7 nitrogen and oxygen atoms in total. The fourth-order valence-electron chi connectivity index (χ4n) is 4.41. The topological polar surface area (TPSA) is 83.5 Å². The molecule has 0 aliphatic carbocycles. The van der Waals surface area contributed by atoms with Crippen LogP contribution in [0.3, 0.4) is 0 Å². The number of benzene rings is 1. The summed E-state index contributed by atoms with van der Waals surface area (Å²) in [5, 5.41) is 2.30. The van der Waals surface area contributed by atoms with E-state index in [4.69, 9.17) is 4.98 Å². The van der Waals surface area contributed by atoms with Crippen molar-refractivity contribution < 1.29 is 13.2 Å². The van der Waals surface area contributed by atoms with Crippen molar-refractivity contribution >= 4 is 54.0 Å². The average molecular weight is 527 g/mol. The van der Waals surface area contributed by atoms with Gasteiger partial charge in [0.15, 0.2) is 5.13 Å². The Bertz CT molecular complexity index is 1430. The molecule has 0 saturated carbocycles. The number of carbonyl (C=O) groups excluding carboxylic acids is 1. The molecular weight excluding hydrogens is 501 g/mol. The highest BCUT2D eigenvalue weighted by molar-refractivity contribution is 7.91. The predicted molar refractivity (Wildman–Crippen MR) is 140 cm³/mol. The highest BCUT2D eigenvalue weighted by Gasteiger charge is 2.42. The molecule has 3 aromatic heterocycles. The molecule has 10 heteroatoms. The standard InChI is InChI=1S/C25H26N4O3S3/c1-17(2)19-9-5-11-21-23(19)27-25(34-21)28(16-18-8-3-4-13-26-18)24(30)20-10-6-14-29(20)35(31,32)22-12-7-15-33-22/h3-5,7-9,11-13,15,17,20H,6,10,14,16H2,1-2H3. The van der Waals surface area contributed by atoms with E-state index in [1.165, 1.54) is 27.0 Å². The van der Waals surface area contributed by atoms with Crippen molar-refractivity contribution in [1.82, 2.24) is 14.3 Å². The zero-order valence-corrected chi connectivity index (χ0v) is 21.9. The smallest absolute Gasteiger partial charge is 0.253 e. The van der Waals surface area contributed by atoms with Crippen LogP contribution in [0, 0.1) is 0 Å². The summed E-state index contributed by atoms with van der Waals surface area (Å²) < 4.78 is 29.3. The van der Waals surface area contributed by atoms with E-state index in [1.807, 2.05) is 30.3 Å². The molecule has 4 aromatic rings. The number of anilines is 1. The third-order valence-electron chi connectivity index (χ3n) is 6.15. The Morgan fingerprint density at radius 3 is 2.74 bits per heavy atom. The summed E-state index contributed by atoms with van der Waals surface area (Å²) >= 11 is 2.62. The normalized spacial score (nSPS) is 16.8. The summed E-state index contributed by atoms with van der Waals surface area (Å²) in [4.78, 5) is 25.0. The van der Waals surface area contributed by atoms with Gasteiger partial charge in [-0.2, -0.15) is 4.31 Å². The van der Waals surface area contributed by atoms with Gasteiger partial charge in [0, 0.05) is 12.7 Å². The molecular formula is C25H26N4O3S3. The zero-order valence-electron chi connectivity index (χ0n) is 19.5. The van der Waals surface area contributed by atoms with Crippen LogP contribution < -0.4 is 4.90 Å². The van der Waals surface area contributed by atoms with Crippen LogP contribution in [-0.4, -0.2) is 41.2 Å². The maximum Gasteiger partial charge on any atom is 0.253 e. The van der Waals surface area contributed by atoms with Crippen LogP contribution in [0.4, 0.5) is 5.13 Å². The van der Waals surface area contributed by atoms with Gasteiger partial charge < -0.3 is 0 Å². The fraction of sp³-hybridized carbons (Fsp3) is 0.320. The summed E-state index contributed by atoms with van der Waals surface area (Å²) in [7, 11) is -3.75. The molecule has 1 aliphatic heterocycles. The first kappa shape index (κ1) is 24.1. The molecule has 4 heterocycles. The maximum absolute atomic E-state index is 14.0. The number of para-hydroxylation sites is 1. The average Bonchev–Trinajstić information content (AvgIpc) is 3.62. The molecule has 1 saturated heterocycles. The molecule has 182 valence electrons. The summed E-state index contributed by atoms with van der Waals surface area (Å²) in [6.07, 6.45) is 2.80. The van der Waals surface area contributed by atoms with Gasteiger partial charge in [-0.25, -0.2) is 13.4 Å². The third kappa shape index (κ3) is 4.63. The van der Waals surface area contributed by atoms with E-state index in [9.17, 15) is 13.2 Å². The van der Waals surface area contributed by atoms with Gasteiger partial charge in [0.05, 0.1) is 22.5 Å². The second-order valence-corrected chi connectivity index (χ2v) is 12.9. The van der Waals surface area contributed by atoms with Gasteiger partial charge in [-0.05, 0) is 54.0 Å². The molecule has 1 aliphatic rings. The van der Waals surface area contributed by atoms with Gasteiger partial charge in [-0.15, -0.1) is 11.3 Å². The number of aromatic nitrogens is 2. The van der Waals surface area contributed by atoms with Crippen LogP contribution >= 0.6 is 22.7 Å². The van der Waals surface area contributed by atoms with Crippen molar-refractivity contribution in [3.63, 3.8) is 0 Å². The number of carbonyl (C=O) groups is 1. The third-order valence-corrected chi connectivity index (χ3v) is 10.5. The van der Waals surface area contributed by atoms with E-state index in [-0.39, 0.29) is 22.6 Å². The first-order valence-electron chi connectivity index (χ1n) is 11.5. The van der Waals surface area contributed by atoms with Crippen molar-refractivity contribution in [3.05, 3.63) is 71.4 Å². The minimum atomic E-state index is -3.75. The number of thiazole rings is 1. The largest absolute Gasteiger partial charge is 0.281 e. The number of hydrogen-bond acceptors (Lipinski definition) is 7. The van der Waals surface area contributed by atoms with Crippen molar-refractivity contribution in [2.45, 2.75) is 49.4 Å². The molecule has 1 fully saturated rings. The number of fused-ring (bicyclic) bond motifs is 1. The van der Waals surface area contributed by atoms with E-state index >= 15 is 0 Å². The van der Waals surface area contributed by atoms with Crippen LogP contribution in [0.1, 0.15) is 43.9 Å². The Balaban J connectivity index is 1.55. The Hall–Kier alpha value is -2.66. The molecule has 1 amide bonds. The maximum atomic E-state index is 14.0. The van der Waals surface area contributed by atoms with E-state index < -0.39 is 16.1 Å². The van der Waals surface area contributed by atoms with Gasteiger partial charge in [0.25, 0.3) is 10.0 Å². The fourth-order valence-corrected chi connectivity index (χ4v) is 8.19. The molecule has 0 N–H and O–H groups in total. The SMILES string of the molecule is CC(C)c1cccc2sc(N(Cc3ccccn3)C(=O)C3CCCN3S(=O)(=O)c3cccs3)nc12. The Morgan fingerprint density at radius 2 is 2.03 bits per heavy atom.